The second-order valence-corrected chi connectivity index (χ2v) is 8.17. The Kier molecular flexibility index (Phi) is 6.72. The third-order valence-corrected chi connectivity index (χ3v) is 6.28. The van der Waals surface area contributed by atoms with Crippen LogP contribution in [-0.2, 0) is 0 Å². The van der Waals surface area contributed by atoms with Crippen molar-refractivity contribution < 1.29 is 4.79 Å². The van der Waals surface area contributed by atoms with Gasteiger partial charge in [0.2, 0.25) is 0 Å². The fraction of sp³-hybridized carbons (Fsp3) is 0.304. The number of piperazine rings is 1. The van der Waals surface area contributed by atoms with Gasteiger partial charge in [0.25, 0.3) is 5.91 Å². The van der Waals surface area contributed by atoms with E-state index in [9.17, 15) is 4.79 Å². The van der Waals surface area contributed by atoms with E-state index in [1.807, 2.05) is 42.5 Å². The van der Waals surface area contributed by atoms with Crippen LogP contribution >= 0.6 is 23.2 Å². The van der Waals surface area contributed by atoms with E-state index in [1.54, 1.807) is 12.3 Å². The van der Waals surface area contributed by atoms with E-state index in [4.69, 9.17) is 23.2 Å². The average molecular weight is 443 g/mol. The summed E-state index contributed by atoms with van der Waals surface area (Å²) < 4.78 is 0. The Labute approximate surface area is 186 Å². The third-order valence-electron chi connectivity index (χ3n) is 5.47. The van der Waals surface area contributed by atoms with Crippen LogP contribution < -0.4 is 10.2 Å². The number of fused-ring (bicyclic) bond motifs is 1. The molecule has 1 fully saturated rings. The highest BCUT2D eigenvalue weighted by Crippen LogP contribution is 2.32. The topological polar surface area (TPSA) is 48.5 Å². The molecule has 1 amide bonds. The van der Waals surface area contributed by atoms with Crippen molar-refractivity contribution in [3.63, 3.8) is 0 Å². The number of aromatic nitrogens is 1. The highest BCUT2D eigenvalue weighted by Gasteiger charge is 2.19. The van der Waals surface area contributed by atoms with Crippen molar-refractivity contribution in [3.8, 4) is 0 Å². The molecule has 1 saturated heterocycles. The van der Waals surface area contributed by atoms with Gasteiger partial charge in [-0.2, -0.15) is 0 Å². The quantitative estimate of drug-likeness (QED) is 0.571. The number of rotatable bonds is 6. The Morgan fingerprint density at radius 2 is 1.80 bits per heavy atom. The number of halogens is 2. The molecule has 1 N–H and O–H groups in total. The predicted molar refractivity (Wildman–Crippen MR) is 124 cm³/mol. The van der Waals surface area contributed by atoms with E-state index in [0.29, 0.717) is 22.2 Å². The van der Waals surface area contributed by atoms with Crippen LogP contribution in [0, 0.1) is 0 Å². The minimum absolute atomic E-state index is 0.0472. The molecule has 0 saturated carbocycles. The minimum atomic E-state index is -0.0472. The molecule has 0 unspecified atom stereocenters. The Bertz CT molecular complexity index is 1030. The number of hydrogen-bond acceptors (Lipinski definition) is 4. The minimum Gasteiger partial charge on any atom is -0.368 e. The molecule has 1 aliphatic heterocycles. The standard InChI is InChI=1S/C23H24Cl2N4O/c24-19-6-3-8-21(22(19)25)29-15-13-28(14-16-29)12-4-10-27-23(30)18-9-11-26-20-7-2-1-5-17(18)20/h1-3,5-9,11H,4,10,12-16H2,(H,27,30). The number of nitrogens with zero attached hydrogens (tertiary/aromatic N) is 3. The summed E-state index contributed by atoms with van der Waals surface area (Å²) in [6, 6.07) is 15.2. The maximum Gasteiger partial charge on any atom is 0.252 e. The van der Waals surface area contributed by atoms with Gasteiger partial charge in [-0.15, -0.1) is 0 Å². The summed E-state index contributed by atoms with van der Waals surface area (Å²) >= 11 is 12.5. The molecule has 0 radical (unpaired) electrons. The summed E-state index contributed by atoms with van der Waals surface area (Å²) in [7, 11) is 0. The number of carbonyl (C=O) groups excluding carboxylic acids is 1. The maximum atomic E-state index is 12.6. The molecule has 30 heavy (non-hydrogen) atoms. The van der Waals surface area contributed by atoms with Crippen LogP contribution in [0.15, 0.2) is 54.7 Å². The summed E-state index contributed by atoms with van der Waals surface area (Å²) in [6.07, 6.45) is 2.59. The normalized spacial score (nSPS) is 14.8. The summed E-state index contributed by atoms with van der Waals surface area (Å²) in [5, 5.41) is 5.14. The largest absolute Gasteiger partial charge is 0.368 e. The van der Waals surface area contributed by atoms with Crippen molar-refractivity contribution in [2.45, 2.75) is 6.42 Å². The van der Waals surface area contributed by atoms with E-state index in [2.05, 4.69) is 20.1 Å². The number of pyridine rings is 1. The Morgan fingerprint density at radius 3 is 2.63 bits per heavy atom. The van der Waals surface area contributed by atoms with Gasteiger partial charge < -0.3 is 10.2 Å². The van der Waals surface area contributed by atoms with Crippen LogP contribution in [-0.4, -0.2) is 55.1 Å². The smallest absolute Gasteiger partial charge is 0.252 e. The fourth-order valence-corrected chi connectivity index (χ4v) is 4.26. The van der Waals surface area contributed by atoms with E-state index >= 15 is 0 Å². The molecular weight excluding hydrogens is 419 g/mol. The molecule has 7 heteroatoms. The second-order valence-electron chi connectivity index (χ2n) is 7.39. The molecule has 0 bridgehead atoms. The Morgan fingerprint density at radius 1 is 1.00 bits per heavy atom. The monoisotopic (exact) mass is 442 g/mol. The van der Waals surface area contributed by atoms with Crippen molar-refractivity contribution in [1.29, 1.82) is 0 Å². The fourth-order valence-electron chi connectivity index (χ4n) is 3.84. The van der Waals surface area contributed by atoms with E-state index in [1.165, 1.54) is 0 Å². The first kappa shape index (κ1) is 20.9. The zero-order chi connectivity index (χ0) is 20.9. The predicted octanol–water partition coefficient (Wildman–Crippen LogP) is 4.48. The van der Waals surface area contributed by atoms with E-state index in [-0.39, 0.29) is 5.91 Å². The highest BCUT2D eigenvalue weighted by molar-refractivity contribution is 6.43. The lowest BCUT2D eigenvalue weighted by Gasteiger charge is -2.36. The number of nitrogens with one attached hydrogen (secondary N) is 1. The van der Waals surface area contributed by atoms with Crippen molar-refractivity contribution >= 4 is 45.7 Å². The van der Waals surface area contributed by atoms with Crippen molar-refractivity contribution in [2.75, 3.05) is 44.2 Å². The van der Waals surface area contributed by atoms with Gasteiger partial charge in [-0.05, 0) is 37.2 Å². The van der Waals surface area contributed by atoms with E-state index in [0.717, 1.165) is 55.7 Å². The Balaban J connectivity index is 1.23. The molecular formula is C23H24Cl2N4O. The SMILES string of the molecule is O=C(NCCCN1CCN(c2cccc(Cl)c2Cl)CC1)c1ccnc2ccccc12. The lowest BCUT2D eigenvalue weighted by Crippen LogP contribution is -2.47. The third kappa shape index (κ3) is 4.69. The molecule has 3 aromatic rings. The van der Waals surface area contributed by atoms with Gasteiger partial charge in [0.1, 0.15) is 0 Å². The molecule has 1 aliphatic rings. The van der Waals surface area contributed by atoms with Crippen LogP contribution in [0.3, 0.4) is 0 Å². The van der Waals surface area contributed by atoms with Gasteiger partial charge in [-0.1, -0.05) is 47.5 Å². The van der Waals surface area contributed by atoms with Crippen LogP contribution in [0.2, 0.25) is 10.0 Å². The number of amides is 1. The summed E-state index contributed by atoms with van der Waals surface area (Å²) in [5.74, 6) is -0.0472. The van der Waals surface area contributed by atoms with Crippen LogP contribution in [0.1, 0.15) is 16.8 Å². The van der Waals surface area contributed by atoms with Gasteiger partial charge in [-0.3, -0.25) is 14.7 Å². The first-order valence-corrected chi connectivity index (χ1v) is 10.9. The maximum absolute atomic E-state index is 12.6. The first-order valence-electron chi connectivity index (χ1n) is 10.2. The number of anilines is 1. The van der Waals surface area contributed by atoms with Gasteiger partial charge in [0.15, 0.2) is 0 Å². The average Bonchev–Trinajstić information content (AvgIpc) is 2.78. The summed E-state index contributed by atoms with van der Waals surface area (Å²) in [4.78, 5) is 21.6. The molecule has 156 valence electrons. The van der Waals surface area contributed by atoms with Crippen LogP contribution in [0.4, 0.5) is 5.69 Å². The van der Waals surface area contributed by atoms with Gasteiger partial charge in [0, 0.05) is 44.3 Å². The number of para-hydroxylation sites is 1. The highest BCUT2D eigenvalue weighted by atomic mass is 35.5. The van der Waals surface area contributed by atoms with Gasteiger partial charge >= 0.3 is 0 Å². The molecule has 0 aliphatic carbocycles. The van der Waals surface area contributed by atoms with Crippen molar-refractivity contribution in [1.82, 2.24) is 15.2 Å². The van der Waals surface area contributed by atoms with Crippen LogP contribution in [0.5, 0.6) is 0 Å². The van der Waals surface area contributed by atoms with Crippen LogP contribution in [0.25, 0.3) is 10.9 Å². The molecule has 4 rings (SSSR count). The molecule has 5 nitrogen and oxygen atoms in total. The van der Waals surface area contributed by atoms with Crippen molar-refractivity contribution in [2.24, 2.45) is 0 Å². The molecule has 2 heterocycles. The van der Waals surface area contributed by atoms with Gasteiger partial charge in [0.05, 0.1) is 26.8 Å². The molecule has 1 aromatic heterocycles. The Hall–Kier alpha value is -2.34. The number of carbonyl (C=O) groups is 1. The molecule has 0 spiro atoms. The first-order chi connectivity index (χ1) is 14.6. The van der Waals surface area contributed by atoms with E-state index < -0.39 is 0 Å². The van der Waals surface area contributed by atoms with Gasteiger partial charge in [-0.25, -0.2) is 0 Å². The summed E-state index contributed by atoms with van der Waals surface area (Å²) in [6.45, 7) is 5.35. The summed E-state index contributed by atoms with van der Waals surface area (Å²) in [5.41, 5.74) is 2.51. The second kappa shape index (κ2) is 9.65. The zero-order valence-corrected chi connectivity index (χ0v) is 18.2. The molecule has 2 aromatic carbocycles. The number of hydrogen-bond donors (Lipinski definition) is 1. The lowest BCUT2D eigenvalue weighted by atomic mass is 10.1. The molecule has 0 atom stereocenters. The lowest BCUT2D eigenvalue weighted by molar-refractivity contribution is 0.0953. The number of benzene rings is 2. The zero-order valence-electron chi connectivity index (χ0n) is 16.7. The van der Waals surface area contributed by atoms with Crippen molar-refractivity contribution in [3.05, 3.63) is 70.3 Å².